The molecule has 1 radical (unpaired) electrons. The van der Waals surface area contributed by atoms with Gasteiger partial charge in [-0.15, -0.1) is 0 Å². The molecule has 0 amide bonds. The van der Waals surface area contributed by atoms with Gasteiger partial charge in [0.05, 0.1) is 0 Å². The second-order valence-corrected chi connectivity index (χ2v) is 3.03. The predicted molar refractivity (Wildman–Crippen MR) is 49.4 cm³/mol. The van der Waals surface area contributed by atoms with Crippen LogP contribution in [0.25, 0.3) is 0 Å². The van der Waals surface area contributed by atoms with Crippen LogP contribution in [0.5, 0.6) is 0 Å². The van der Waals surface area contributed by atoms with Crippen molar-refractivity contribution in [2.75, 3.05) is 0 Å². The third-order valence-corrected chi connectivity index (χ3v) is 1.90. The van der Waals surface area contributed by atoms with Crippen LogP contribution in [0.2, 0.25) is 0 Å². The van der Waals surface area contributed by atoms with Gasteiger partial charge in [-0.3, -0.25) is 4.79 Å². The highest BCUT2D eigenvalue weighted by molar-refractivity contribution is 5.69. The number of hydrogen-bond donors (Lipinski definition) is 0. The van der Waals surface area contributed by atoms with E-state index >= 15 is 0 Å². The van der Waals surface area contributed by atoms with Crippen LogP contribution in [-0.2, 0) is 9.53 Å². The van der Waals surface area contributed by atoms with Crippen molar-refractivity contribution in [1.29, 1.82) is 0 Å². The third kappa shape index (κ3) is 7.58. The van der Waals surface area contributed by atoms with Crippen LogP contribution in [0.15, 0.2) is 0 Å². The van der Waals surface area contributed by atoms with Crippen molar-refractivity contribution in [2.45, 2.75) is 51.9 Å². The zero-order valence-electron chi connectivity index (χ0n) is 7.97. The highest BCUT2D eigenvalue weighted by atomic mass is 16.5. The first kappa shape index (κ1) is 11.5. The minimum Gasteiger partial charge on any atom is -0.462 e. The van der Waals surface area contributed by atoms with E-state index in [-0.39, 0.29) is 5.97 Å². The predicted octanol–water partition coefficient (Wildman–Crippen LogP) is 3.07. The normalized spacial score (nSPS) is 9.83. The zero-order chi connectivity index (χ0) is 9.23. The number of hydrogen-bond acceptors (Lipinski definition) is 2. The summed E-state index contributed by atoms with van der Waals surface area (Å²) in [7, 11) is 3.06. The SMILES string of the molecule is [CH2]OC(=O)CCCCCCCC. The number of unbranched alkanes of at least 4 members (excludes halogenated alkanes) is 5. The summed E-state index contributed by atoms with van der Waals surface area (Å²) in [6.07, 6.45) is 7.69. The quantitative estimate of drug-likeness (QED) is 0.434. The van der Waals surface area contributed by atoms with Gasteiger partial charge in [-0.05, 0) is 6.42 Å². The highest BCUT2D eigenvalue weighted by Crippen LogP contribution is 2.06. The van der Waals surface area contributed by atoms with Crippen molar-refractivity contribution in [1.82, 2.24) is 0 Å². The van der Waals surface area contributed by atoms with E-state index in [1.807, 2.05) is 0 Å². The summed E-state index contributed by atoms with van der Waals surface area (Å²) in [4.78, 5) is 10.6. The van der Waals surface area contributed by atoms with Crippen LogP contribution in [0.1, 0.15) is 51.9 Å². The number of carbonyl (C=O) groups is 1. The lowest BCUT2D eigenvalue weighted by Crippen LogP contribution is -1.97. The number of carbonyl (C=O) groups excluding carboxylic acids is 1. The number of esters is 1. The Morgan fingerprint density at radius 3 is 2.33 bits per heavy atom. The Hall–Kier alpha value is -0.530. The molecule has 0 fully saturated rings. The Morgan fingerprint density at radius 2 is 1.75 bits per heavy atom. The van der Waals surface area contributed by atoms with Gasteiger partial charge in [0.1, 0.15) is 7.11 Å². The van der Waals surface area contributed by atoms with Crippen LogP contribution >= 0.6 is 0 Å². The first-order chi connectivity index (χ1) is 5.81. The average molecular weight is 171 g/mol. The molecule has 0 heterocycles. The molecule has 0 saturated heterocycles. The van der Waals surface area contributed by atoms with E-state index in [0.29, 0.717) is 6.42 Å². The maximum Gasteiger partial charge on any atom is 0.305 e. The molecule has 0 aliphatic heterocycles. The van der Waals surface area contributed by atoms with E-state index in [1.165, 1.54) is 25.7 Å². The smallest absolute Gasteiger partial charge is 0.305 e. The lowest BCUT2D eigenvalue weighted by molar-refractivity contribution is -0.138. The third-order valence-electron chi connectivity index (χ3n) is 1.90. The van der Waals surface area contributed by atoms with Crippen molar-refractivity contribution in [3.05, 3.63) is 7.11 Å². The topological polar surface area (TPSA) is 26.3 Å². The monoisotopic (exact) mass is 171 g/mol. The zero-order valence-corrected chi connectivity index (χ0v) is 7.97. The summed E-state index contributed by atoms with van der Waals surface area (Å²) < 4.78 is 4.29. The van der Waals surface area contributed by atoms with Crippen LogP contribution in [-0.4, -0.2) is 5.97 Å². The van der Waals surface area contributed by atoms with Crippen molar-refractivity contribution in [3.8, 4) is 0 Å². The maximum absolute atomic E-state index is 10.6. The van der Waals surface area contributed by atoms with Crippen molar-refractivity contribution in [3.63, 3.8) is 0 Å². The molecule has 0 rings (SSSR count). The molecule has 0 aromatic carbocycles. The van der Waals surface area contributed by atoms with E-state index in [9.17, 15) is 4.79 Å². The first-order valence-electron chi connectivity index (χ1n) is 4.76. The van der Waals surface area contributed by atoms with Gasteiger partial charge in [0.2, 0.25) is 0 Å². The van der Waals surface area contributed by atoms with E-state index in [1.54, 1.807) is 0 Å². The van der Waals surface area contributed by atoms with Gasteiger partial charge in [0.15, 0.2) is 0 Å². The van der Waals surface area contributed by atoms with Crippen molar-refractivity contribution < 1.29 is 9.53 Å². The summed E-state index contributed by atoms with van der Waals surface area (Å²) in [5, 5.41) is 0. The van der Waals surface area contributed by atoms with Crippen molar-refractivity contribution in [2.24, 2.45) is 0 Å². The summed E-state index contributed by atoms with van der Waals surface area (Å²) in [6, 6.07) is 0. The minimum absolute atomic E-state index is 0.189. The van der Waals surface area contributed by atoms with Crippen LogP contribution in [0, 0.1) is 7.11 Å². The molecule has 0 aromatic heterocycles. The Labute approximate surface area is 75.3 Å². The second kappa shape index (κ2) is 8.57. The molecule has 0 saturated carbocycles. The molecule has 0 aliphatic carbocycles. The average Bonchev–Trinajstić information content (AvgIpc) is 2.10. The summed E-state index contributed by atoms with van der Waals surface area (Å²) in [5.41, 5.74) is 0. The molecule has 0 unspecified atom stereocenters. The Balaban J connectivity index is 2.95. The molecular weight excluding hydrogens is 152 g/mol. The summed E-state index contributed by atoms with van der Waals surface area (Å²) in [5.74, 6) is -0.189. The summed E-state index contributed by atoms with van der Waals surface area (Å²) in [6.45, 7) is 2.19. The molecule has 2 nitrogen and oxygen atoms in total. The maximum atomic E-state index is 10.6. The molecule has 0 aromatic rings. The number of ether oxygens (including phenoxy) is 1. The second-order valence-electron chi connectivity index (χ2n) is 3.03. The highest BCUT2D eigenvalue weighted by Gasteiger charge is 1.98. The van der Waals surface area contributed by atoms with Gasteiger partial charge in [-0.25, -0.2) is 0 Å². The Kier molecular flexibility index (Phi) is 8.19. The van der Waals surface area contributed by atoms with Gasteiger partial charge in [-0.1, -0.05) is 39.0 Å². The summed E-state index contributed by atoms with van der Waals surface area (Å²) >= 11 is 0. The van der Waals surface area contributed by atoms with Crippen LogP contribution < -0.4 is 0 Å². The fraction of sp³-hybridized carbons (Fsp3) is 0.800. The van der Waals surface area contributed by atoms with E-state index in [0.717, 1.165) is 12.8 Å². The first-order valence-corrected chi connectivity index (χ1v) is 4.76. The van der Waals surface area contributed by atoms with E-state index in [2.05, 4.69) is 18.8 Å². The van der Waals surface area contributed by atoms with Crippen molar-refractivity contribution >= 4 is 5.97 Å². The van der Waals surface area contributed by atoms with Crippen LogP contribution in [0.4, 0.5) is 0 Å². The molecule has 0 bridgehead atoms. The molecule has 0 aliphatic rings. The minimum atomic E-state index is -0.189. The fourth-order valence-corrected chi connectivity index (χ4v) is 1.12. The van der Waals surface area contributed by atoms with E-state index in [4.69, 9.17) is 0 Å². The standard InChI is InChI=1S/C10H19O2/c1-3-4-5-6-7-8-9-10(11)12-2/h2-9H2,1H3. The largest absolute Gasteiger partial charge is 0.462 e. The molecule has 2 heteroatoms. The van der Waals surface area contributed by atoms with Gasteiger partial charge in [-0.2, -0.15) is 0 Å². The molecule has 12 heavy (non-hydrogen) atoms. The van der Waals surface area contributed by atoms with Gasteiger partial charge in [0.25, 0.3) is 0 Å². The molecule has 71 valence electrons. The van der Waals surface area contributed by atoms with Gasteiger partial charge < -0.3 is 4.74 Å². The number of rotatable bonds is 7. The van der Waals surface area contributed by atoms with E-state index < -0.39 is 0 Å². The Morgan fingerprint density at radius 1 is 1.17 bits per heavy atom. The molecule has 0 atom stereocenters. The molecule has 0 N–H and O–H groups in total. The van der Waals surface area contributed by atoms with Crippen LogP contribution in [0.3, 0.4) is 0 Å². The van der Waals surface area contributed by atoms with Gasteiger partial charge in [0, 0.05) is 6.42 Å². The Bertz CT molecular complexity index is 110. The lowest BCUT2D eigenvalue weighted by Gasteiger charge is -1.99. The fourth-order valence-electron chi connectivity index (χ4n) is 1.12. The lowest BCUT2D eigenvalue weighted by atomic mass is 10.1. The molecule has 0 spiro atoms. The van der Waals surface area contributed by atoms with Gasteiger partial charge >= 0.3 is 5.97 Å². The molecular formula is C10H19O2.